The van der Waals surface area contributed by atoms with Gasteiger partial charge >= 0.3 is 0 Å². The van der Waals surface area contributed by atoms with Crippen molar-refractivity contribution in [2.75, 3.05) is 30.8 Å². The molecule has 0 spiro atoms. The molecule has 2 aromatic rings. The molecular formula is C20H26N4O4S2. The second kappa shape index (κ2) is 9.34. The van der Waals surface area contributed by atoms with Gasteiger partial charge < -0.3 is 10.6 Å². The van der Waals surface area contributed by atoms with Crippen LogP contribution in [0.25, 0.3) is 0 Å². The monoisotopic (exact) mass is 450 g/mol. The van der Waals surface area contributed by atoms with Crippen molar-refractivity contribution >= 4 is 38.8 Å². The van der Waals surface area contributed by atoms with E-state index in [0.29, 0.717) is 13.1 Å². The van der Waals surface area contributed by atoms with Crippen LogP contribution in [0.4, 0.5) is 5.82 Å². The fourth-order valence-corrected chi connectivity index (χ4v) is 6.01. The molecule has 0 saturated carbocycles. The van der Waals surface area contributed by atoms with Crippen LogP contribution in [-0.2, 0) is 25.8 Å². The second-order valence-corrected chi connectivity index (χ2v) is 10.8. The summed E-state index contributed by atoms with van der Waals surface area (Å²) in [5.41, 5.74) is 8.10. The fraction of sp³-hybridized carbons (Fsp3) is 0.450. The van der Waals surface area contributed by atoms with Crippen LogP contribution in [0.1, 0.15) is 12.5 Å². The van der Waals surface area contributed by atoms with E-state index in [4.69, 9.17) is 5.73 Å². The number of rotatable bonds is 8. The summed E-state index contributed by atoms with van der Waals surface area (Å²) < 4.78 is 25.9. The lowest BCUT2D eigenvalue weighted by atomic mass is 9.99. The Bertz CT molecular complexity index is 972. The van der Waals surface area contributed by atoms with E-state index < -0.39 is 38.9 Å². The topological polar surface area (TPSA) is 114 Å². The zero-order valence-electron chi connectivity index (χ0n) is 17.0. The maximum atomic E-state index is 13.5. The highest BCUT2D eigenvalue weighted by atomic mass is 32.2. The highest BCUT2D eigenvalue weighted by Gasteiger charge is 2.40. The lowest BCUT2D eigenvalue weighted by Crippen LogP contribution is -2.55. The standard InChI is InChI=1S/C20H26N4O4S2/c1-14(21)19(25)24(18-11-29-13-22-18)20(26)16(8-15-6-4-3-5-7-15)12-30(27,28)17-9-23(2)10-17/h3-7,11,13-14,16-17H,8-10,12,21H2,1-2H3/t14-,16?/m0/s1. The van der Waals surface area contributed by atoms with E-state index in [2.05, 4.69) is 4.98 Å². The van der Waals surface area contributed by atoms with Crippen molar-refractivity contribution in [1.29, 1.82) is 0 Å². The second-order valence-electron chi connectivity index (χ2n) is 7.71. The lowest BCUT2D eigenvalue weighted by Gasteiger charge is -2.36. The third-order valence-corrected chi connectivity index (χ3v) is 7.88. The number of aromatic nitrogens is 1. The number of imide groups is 1. The number of nitrogens with two attached hydrogens (primary N) is 1. The summed E-state index contributed by atoms with van der Waals surface area (Å²) in [5, 5.41) is 1.08. The maximum absolute atomic E-state index is 13.5. The van der Waals surface area contributed by atoms with Crippen molar-refractivity contribution in [3.63, 3.8) is 0 Å². The van der Waals surface area contributed by atoms with Crippen molar-refractivity contribution in [2.24, 2.45) is 11.7 Å². The Balaban J connectivity index is 1.92. The summed E-state index contributed by atoms with van der Waals surface area (Å²) >= 11 is 1.24. The SMILES string of the molecule is C[C@H](N)C(=O)N(C(=O)C(Cc1ccccc1)CS(=O)(=O)C1CN(C)C1)c1cscn1. The van der Waals surface area contributed by atoms with Crippen LogP contribution in [0.2, 0.25) is 0 Å². The first-order valence-electron chi connectivity index (χ1n) is 9.64. The number of anilines is 1. The Morgan fingerprint density at radius 3 is 2.47 bits per heavy atom. The number of nitrogens with zero attached hydrogens (tertiary/aromatic N) is 3. The van der Waals surface area contributed by atoms with Crippen LogP contribution in [0, 0.1) is 5.92 Å². The van der Waals surface area contributed by atoms with E-state index >= 15 is 0 Å². The molecule has 0 aliphatic carbocycles. The predicted molar refractivity (Wildman–Crippen MR) is 117 cm³/mol. The van der Waals surface area contributed by atoms with Crippen LogP contribution in [0.3, 0.4) is 0 Å². The number of likely N-dealkylation sites (tertiary alicyclic amines) is 1. The van der Waals surface area contributed by atoms with E-state index in [-0.39, 0.29) is 18.0 Å². The molecule has 2 heterocycles. The Kier molecular flexibility index (Phi) is 7.02. The molecule has 2 N–H and O–H groups in total. The van der Waals surface area contributed by atoms with Crippen LogP contribution >= 0.6 is 11.3 Å². The van der Waals surface area contributed by atoms with Gasteiger partial charge in [-0.05, 0) is 26.0 Å². The summed E-state index contributed by atoms with van der Waals surface area (Å²) in [6.45, 7) is 2.38. The molecule has 1 unspecified atom stereocenters. The zero-order valence-corrected chi connectivity index (χ0v) is 18.6. The summed E-state index contributed by atoms with van der Waals surface area (Å²) in [7, 11) is -1.67. The molecular weight excluding hydrogens is 424 g/mol. The quantitative estimate of drug-likeness (QED) is 0.637. The van der Waals surface area contributed by atoms with Crippen molar-refractivity contribution in [3.8, 4) is 0 Å². The van der Waals surface area contributed by atoms with Gasteiger partial charge in [0.15, 0.2) is 15.7 Å². The van der Waals surface area contributed by atoms with Crippen molar-refractivity contribution in [2.45, 2.75) is 24.6 Å². The Morgan fingerprint density at radius 1 is 1.27 bits per heavy atom. The first-order valence-corrected chi connectivity index (χ1v) is 12.3. The molecule has 0 bridgehead atoms. The molecule has 1 aliphatic rings. The van der Waals surface area contributed by atoms with Crippen molar-refractivity contribution in [1.82, 2.24) is 9.88 Å². The van der Waals surface area contributed by atoms with Gasteiger partial charge in [-0.15, -0.1) is 11.3 Å². The third kappa shape index (κ3) is 5.12. The van der Waals surface area contributed by atoms with Gasteiger partial charge in [0.25, 0.3) is 5.91 Å². The number of thiazole rings is 1. The molecule has 1 saturated heterocycles. The van der Waals surface area contributed by atoms with Gasteiger partial charge in [-0.25, -0.2) is 18.3 Å². The van der Waals surface area contributed by atoms with Crippen LogP contribution in [0.15, 0.2) is 41.2 Å². The van der Waals surface area contributed by atoms with E-state index in [1.165, 1.54) is 23.8 Å². The number of hydrogen-bond acceptors (Lipinski definition) is 8. The summed E-state index contributed by atoms with van der Waals surface area (Å²) in [4.78, 5) is 33.2. The van der Waals surface area contributed by atoms with Crippen LogP contribution in [-0.4, -0.2) is 67.3 Å². The third-order valence-electron chi connectivity index (χ3n) is 5.12. The number of carbonyl (C=O) groups excluding carboxylic acids is 2. The minimum atomic E-state index is -3.52. The van der Waals surface area contributed by atoms with Gasteiger partial charge in [0.1, 0.15) is 0 Å². The average molecular weight is 451 g/mol. The minimum absolute atomic E-state index is 0.172. The minimum Gasteiger partial charge on any atom is -0.320 e. The van der Waals surface area contributed by atoms with Crippen LogP contribution in [0.5, 0.6) is 0 Å². The largest absolute Gasteiger partial charge is 0.320 e. The number of sulfone groups is 1. The first-order chi connectivity index (χ1) is 14.2. The molecule has 1 aromatic carbocycles. The Morgan fingerprint density at radius 2 is 1.93 bits per heavy atom. The Hall–Kier alpha value is -2.14. The summed E-state index contributed by atoms with van der Waals surface area (Å²) in [5.74, 6) is -2.28. The molecule has 162 valence electrons. The molecule has 1 aromatic heterocycles. The molecule has 3 rings (SSSR count). The molecule has 8 nitrogen and oxygen atoms in total. The maximum Gasteiger partial charge on any atom is 0.251 e. The van der Waals surface area contributed by atoms with Crippen molar-refractivity contribution in [3.05, 3.63) is 46.8 Å². The van der Waals surface area contributed by atoms with E-state index in [1.54, 1.807) is 5.38 Å². The zero-order chi connectivity index (χ0) is 21.9. The average Bonchev–Trinajstić information content (AvgIpc) is 3.19. The van der Waals surface area contributed by atoms with Gasteiger partial charge in [-0.2, -0.15) is 0 Å². The van der Waals surface area contributed by atoms with E-state index in [0.717, 1.165) is 10.5 Å². The van der Waals surface area contributed by atoms with Gasteiger partial charge in [0, 0.05) is 18.5 Å². The number of benzene rings is 1. The smallest absolute Gasteiger partial charge is 0.251 e. The summed E-state index contributed by atoms with van der Waals surface area (Å²) in [6.07, 6.45) is 0.203. The van der Waals surface area contributed by atoms with Crippen molar-refractivity contribution < 1.29 is 18.0 Å². The van der Waals surface area contributed by atoms with E-state index in [9.17, 15) is 18.0 Å². The van der Waals surface area contributed by atoms with E-state index in [1.807, 2.05) is 42.3 Å². The molecule has 2 atom stereocenters. The van der Waals surface area contributed by atoms with Crippen LogP contribution < -0.4 is 10.6 Å². The molecule has 2 amide bonds. The number of carbonyl (C=O) groups is 2. The highest BCUT2D eigenvalue weighted by molar-refractivity contribution is 7.92. The molecule has 0 radical (unpaired) electrons. The highest BCUT2D eigenvalue weighted by Crippen LogP contribution is 2.24. The molecule has 10 heteroatoms. The summed E-state index contributed by atoms with van der Waals surface area (Å²) in [6, 6.07) is 8.26. The molecule has 1 fully saturated rings. The Labute approximate surface area is 180 Å². The van der Waals surface area contributed by atoms with Gasteiger partial charge in [0.05, 0.1) is 28.5 Å². The lowest BCUT2D eigenvalue weighted by molar-refractivity contribution is -0.129. The van der Waals surface area contributed by atoms with Gasteiger partial charge in [0.2, 0.25) is 5.91 Å². The predicted octanol–water partition coefficient (Wildman–Crippen LogP) is 0.938. The van der Waals surface area contributed by atoms with Gasteiger partial charge in [-0.1, -0.05) is 30.3 Å². The number of hydrogen-bond donors (Lipinski definition) is 1. The first kappa shape index (κ1) is 22.5. The molecule has 1 aliphatic heterocycles. The fourth-order valence-electron chi connectivity index (χ4n) is 3.44. The number of amides is 2. The molecule has 30 heavy (non-hydrogen) atoms. The van der Waals surface area contributed by atoms with Gasteiger partial charge in [-0.3, -0.25) is 9.59 Å². The normalized spacial score (nSPS) is 17.2.